The first-order valence-corrected chi connectivity index (χ1v) is 7.31. The van der Waals surface area contributed by atoms with Gasteiger partial charge in [0.05, 0.1) is 18.2 Å². The van der Waals surface area contributed by atoms with Crippen LogP contribution in [0.2, 0.25) is 0 Å². The molecule has 0 saturated heterocycles. The number of methoxy groups -OCH3 is 1. The summed E-state index contributed by atoms with van der Waals surface area (Å²) in [7, 11) is 1.53. The van der Waals surface area contributed by atoms with E-state index in [-0.39, 0.29) is 5.97 Å². The number of ether oxygens (including phenoxy) is 2. The lowest BCUT2D eigenvalue weighted by atomic mass is 10.0. The Hall–Kier alpha value is -2.62. The van der Waals surface area contributed by atoms with Gasteiger partial charge in [0, 0.05) is 5.56 Å². The van der Waals surface area contributed by atoms with Crippen molar-refractivity contribution in [2.75, 3.05) is 7.11 Å². The standard InChI is InChI=1S/C19H20O4/c1-19(2,3)23-18(21)14-10-8-13(9-11-14)16-7-5-6-15(12-20)17(16)22-4/h5-12H,1-4H3. The van der Waals surface area contributed by atoms with Crippen molar-refractivity contribution in [3.63, 3.8) is 0 Å². The Morgan fingerprint density at radius 3 is 2.22 bits per heavy atom. The highest BCUT2D eigenvalue weighted by Gasteiger charge is 2.18. The summed E-state index contributed by atoms with van der Waals surface area (Å²) in [6.07, 6.45) is 0.761. The predicted molar refractivity (Wildman–Crippen MR) is 89.0 cm³/mol. The minimum absolute atomic E-state index is 0.363. The van der Waals surface area contributed by atoms with Crippen LogP contribution in [0.5, 0.6) is 5.75 Å². The normalized spacial score (nSPS) is 11.0. The fourth-order valence-electron chi connectivity index (χ4n) is 2.23. The number of hydrogen-bond acceptors (Lipinski definition) is 4. The van der Waals surface area contributed by atoms with E-state index < -0.39 is 5.60 Å². The maximum absolute atomic E-state index is 12.0. The molecule has 0 aromatic heterocycles. The number of para-hydroxylation sites is 1. The highest BCUT2D eigenvalue weighted by atomic mass is 16.6. The van der Waals surface area contributed by atoms with Crippen LogP contribution in [0.15, 0.2) is 42.5 Å². The molecule has 0 saturated carbocycles. The number of carbonyl (C=O) groups is 2. The Morgan fingerprint density at radius 2 is 1.70 bits per heavy atom. The topological polar surface area (TPSA) is 52.6 Å². The molecule has 0 aliphatic carbocycles. The van der Waals surface area contributed by atoms with Crippen LogP contribution in [0.3, 0.4) is 0 Å². The second-order valence-electron chi connectivity index (χ2n) is 6.13. The Bertz CT molecular complexity index is 709. The Morgan fingerprint density at radius 1 is 1.04 bits per heavy atom. The molecule has 0 unspecified atom stereocenters. The van der Waals surface area contributed by atoms with Crippen molar-refractivity contribution in [1.82, 2.24) is 0 Å². The summed E-state index contributed by atoms with van der Waals surface area (Å²) in [6.45, 7) is 5.49. The van der Waals surface area contributed by atoms with Crippen LogP contribution in [0, 0.1) is 0 Å². The highest BCUT2D eigenvalue weighted by Crippen LogP contribution is 2.32. The van der Waals surface area contributed by atoms with E-state index in [1.54, 1.807) is 24.3 Å². The summed E-state index contributed by atoms with van der Waals surface area (Å²) < 4.78 is 10.7. The van der Waals surface area contributed by atoms with Gasteiger partial charge in [0.1, 0.15) is 11.4 Å². The maximum Gasteiger partial charge on any atom is 0.338 e. The molecule has 0 bridgehead atoms. The molecule has 0 fully saturated rings. The highest BCUT2D eigenvalue weighted by molar-refractivity contribution is 5.91. The molecule has 4 nitrogen and oxygen atoms in total. The van der Waals surface area contributed by atoms with Crippen LogP contribution < -0.4 is 4.74 Å². The zero-order chi connectivity index (χ0) is 17.0. The van der Waals surface area contributed by atoms with E-state index in [1.165, 1.54) is 7.11 Å². The lowest BCUT2D eigenvalue weighted by Crippen LogP contribution is -2.23. The van der Waals surface area contributed by atoms with Gasteiger partial charge in [0.2, 0.25) is 0 Å². The third kappa shape index (κ3) is 3.97. The van der Waals surface area contributed by atoms with Gasteiger partial charge in [0.15, 0.2) is 6.29 Å². The third-order valence-electron chi connectivity index (χ3n) is 3.21. The number of aldehydes is 1. The molecule has 23 heavy (non-hydrogen) atoms. The van der Waals surface area contributed by atoms with Gasteiger partial charge in [-0.15, -0.1) is 0 Å². The van der Waals surface area contributed by atoms with E-state index in [4.69, 9.17) is 9.47 Å². The third-order valence-corrected chi connectivity index (χ3v) is 3.21. The minimum Gasteiger partial charge on any atom is -0.495 e. The molecule has 0 N–H and O–H groups in total. The molecule has 2 aromatic rings. The zero-order valence-electron chi connectivity index (χ0n) is 13.8. The second kappa shape index (κ2) is 6.65. The van der Waals surface area contributed by atoms with Gasteiger partial charge in [-0.1, -0.05) is 24.3 Å². The van der Waals surface area contributed by atoms with Gasteiger partial charge < -0.3 is 9.47 Å². The largest absolute Gasteiger partial charge is 0.495 e. The van der Waals surface area contributed by atoms with Crippen molar-refractivity contribution in [3.8, 4) is 16.9 Å². The average molecular weight is 312 g/mol. The van der Waals surface area contributed by atoms with Crippen molar-refractivity contribution in [3.05, 3.63) is 53.6 Å². The van der Waals surface area contributed by atoms with Gasteiger partial charge in [-0.3, -0.25) is 4.79 Å². The van der Waals surface area contributed by atoms with Crippen molar-refractivity contribution >= 4 is 12.3 Å². The van der Waals surface area contributed by atoms with E-state index in [9.17, 15) is 9.59 Å². The minimum atomic E-state index is -0.530. The van der Waals surface area contributed by atoms with Crippen molar-refractivity contribution in [1.29, 1.82) is 0 Å². The van der Waals surface area contributed by atoms with Gasteiger partial charge in [-0.05, 0) is 44.5 Å². The maximum atomic E-state index is 12.0. The molecule has 0 heterocycles. The van der Waals surface area contributed by atoms with E-state index in [1.807, 2.05) is 39.0 Å². The first-order chi connectivity index (χ1) is 10.9. The molecule has 2 aromatic carbocycles. The summed E-state index contributed by atoms with van der Waals surface area (Å²) in [4.78, 5) is 23.1. The Labute approximate surface area is 136 Å². The van der Waals surface area contributed by atoms with Gasteiger partial charge in [-0.25, -0.2) is 4.79 Å². The first-order valence-electron chi connectivity index (χ1n) is 7.31. The van der Waals surface area contributed by atoms with Crippen molar-refractivity contribution in [2.45, 2.75) is 26.4 Å². The average Bonchev–Trinajstić information content (AvgIpc) is 2.52. The molecule has 0 atom stereocenters. The molecule has 4 heteroatoms. The quantitative estimate of drug-likeness (QED) is 0.629. The SMILES string of the molecule is COc1c(C=O)cccc1-c1ccc(C(=O)OC(C)(C)C)cc1. The van der Waals surface area contributed by atoms with Crippen LogP contribution in [-0.2, 0) is 4.74 Å². The fraction of sp³-hybridized carbons (Fsp3) is 0.263. The second-order valence-corrected chi connectivity index (χ2v) is 6.13. The Balaban J connectivity index is 2.34. The number of carbonyl (C=O) groups excluding carboxylic acids is 2. The molecular formula is C19H20O4. The van der Waals surface area contributed by atoms with E-state index in [2.05, 4.69) is 0 Å². The molecule has 120 valence electrons. The van der Waals surface area contributed by atoms with Crippen LogP contribution in [0.25, 0.3) is 11.1 Å². The molecule has 0 amide bonds. The van der Waals surface area contributed by atoms with Crippen molar-refractivity contribution < 1.29 is 19.1 Å². The lowest BCUT2D eigenvalue weighted by Gasteiger charge is -2.19. The Kier molecular flexibility index (Phi) is 4.84. The number of rotatable bonds is 4. The number of benzene rings is 2. The smallest absolute Gasteiger partial charge is 0.338 e. The summed E-state index contributed by atoms with van der Waals surface area (Å²) in [5, 5.41) is 0. The van der Waals surface area contributed by atoms with Gasteiger partial charge in [0.25, 0.3) is 0 Å². The molecular weight excluding hydrogens is 292 g/mol. The van der Waals surface area contributed by atoms with E-state index in [0.29, 0.717) is 16.9 Å². The van der Waals surface area contributed by atoms with Crippen molar-refractivity contribution in [2.24, 2.45) is 0 Å². The predicted octanol–water partition coefficient (Wildman–Crippen LogP) is 4.13. The summed E-state index contributed by atoms with van der Waals surface area (Å²) in [6, 6.07) is 12.4. The molecule has 0 aliphatic heterocycles. The van der Waals surface area contributed by atoms with Gasteiger partial charge in [-0.2, -0.15) is 0 Å². The number of hydrogen-bond donors (Lipinski definition) is 0. The number of esters is 1. The van der Waals surface area contributed by atoms with Crippen LogP contribution in [0.1, 0.15) is 41.5 Å². The monoisotopic (exact) mass is 312 g/mol. The molecule has 0 aliphatic rings. The molecule has 0 spiro atoms. The molecule has 2 rings (SSSR count). The van der Waals surface area contributed by atoms with E-state index >= 15 is 0 Å². The van der Waals surface area contributed by atoms with Crippen LogP contribution in [0.4, 0.5) is 0 Å². The van der Waals surface area contributed by atoms with Crippen LogP contribution in [-0.4, -0.2) is 25.0 Å². The lowest BCUT2D eigenvalue weighted by molar-refractivity contribution is 0.00695. The zero-order valence-corrected chi connectivity index (χ0v) is 13.8. The molecule has 0 radical (unpaired) electrons. The summed E-state index contributed by atoms with van der Waals surface area (Å²) >= 11 is 0. The van der Waals surface area contributed by atoms with Gasteiger partial charge >= 0.3 is 5.97 Å². The summed E-state index contributed by atoms with van der Waals surface area (Å²) in [5.74, 6) is 0.158. The first kappa shape index (κ1) is 16.7. The van der Waals surface area contributed by atoms with E-state index in [0.717, 1.165) is 17.4 Å². The summed E-state index contributed by atoms with van der Waals surface area (Å²) in [5.41, 5.74) is 2.10. The van der Waals surface area contributed by atoms with Crippen LogP contribution >= 0.6 is 0 Å². The fourth-order valence-corrected chi connectivity index (χ4v) is 2.23.